The Morgan fingerprint density at radius 2 is 1.70 bits per heavy atom. The van der Waals surface area contributed by atoms with Crippen LogP contribution in [-0.4, -0.2) is 18.7 Å². The molecule has 3 rings (SSSR count). The van der Waals surface area contributed by atoms with Crippen LogP contribution in [0.15, 0.2) is 36.4 Å². The third-order valence-electron chi connectivity index (χ3n) is 6.89. The highest BCUT2D eigenvalue weighted by Gasteiger charge is 2.26. The molecular formula is C27H40O3. The summed E-state index contributed by atoms with van der Waals surface area (Å²) in [5.74, 6) is 2.38. The van der Waals surface area contributed by atoms with E-state index >= 15 is 0 Å². The molecule has 3 heteroatoms. The minimum absolute atomic E-state index is 0.0116. The highest BCUT2D eigenvalue weighted by atomic mass is 16.5. The normalized spacial score (nSPS) is 24.1. The van der Waals surface area contributed by atoms with Crippen molar-refractivity contribution in [1.82, 2.24) is 0 Å². The Bertz CT molecular complexity index is 639. The molecule has 1 saturated carbocycles. The monoisotopic (exact) mass is 412 g/mol. The second-order valence-electron chi connectivity index (χ2n) is 9.32. The summed E-state index contributed by atoms with van der Waals surface area (Å²) in [4.78, 5) is 11.3. The van der Waals surface area contributed by atoms with Crippen molar-refractivity contribution >= 4 is 5.97 Å². The number of cyclic esters (lactones) is 1. The van der Waals surface area contributed by atoms with Crippen LogP contribution >= 0.6 is 0 Å². The highest BCUT2D eigenvalue weighted by molar-refractivity contribution is 5.89. The molecule has 166 valence electrons. The first-order chi connectivity index (χ1) is 14.7. The number of carbonyl (C=O) groups is 1. The SMILES string of the molecule is C=C1CC(CCCOc2ccc(C3CCC(CCCCCCC)CC3)cc2)OC1=O. The van der Waals surface area contributed by atoms with E-state index in [-0.39, 0.29) is 12.1 Å². The van der Waals surface area contributed by atoms with E-state index in [9.17, 15) is 4.79 Å². The van der Waals surface area contributed by atoms with Gasteiger partial charge < -0.3 is 9.47 Å². The van der Waals surface area contributed by atoms with Gasteiger partial charge in [-0.1, -0.05) is 64.2 Å². The largest absolute Gasteiger partial charge is 0.494 e. The van der Waals surface area contributed by atoms with Crippen LogP contribution in [0.25, 0.3) is 0 Å². The average molecular weight is 413 g/mol. The van der Waals surface area contributed by atoms with Gasteiger partial charge >= 0.3 is 5.97 Å². The molecule has 0 bridgehead atoms. The van der Waals surface area contributed by atoms with E-state index in [0.717, 1.165) is 30.4 Å². The van der Waals surface area contributed by atoms with E-state index in [2.05, 4.69) is 37.8 Å². The first-order valence-electron chi connectivity index (χ1n) is 12.3. The minimum atomic E-state index is -0.238. The lowest BCUT2D eigenvalue weighted by Gasteiger charge is -2.29. The molecular weight excluding hydrogens is 372 g/mol. The zero-order valence-electron chi connectivity index (χ0n) is 18.9. The third kappa shape index (κ3) is 7.18. The molecule has 1 aliphatic heterocycles. The smallest absolute Gasteiger partial charge is 0.333 e. The Morgan fingerprint density at radius 1 is 0.967 bits per heavy atom. The van der Waals surface area contributed by atoms with Gasteiger partial charge in [0.2, 0.25) is 0 Å². The number of unbranched alkanes of at least 4 members (excludes halogenated alkanes) is 4. The van der Waals surface area contributed by atoms with Gasteiger partial charge in [-0.25, -0.2) is 4.79 Å². The van der Waals surface area contributed by atoms with Crippen molar-refractivity contribution in [2.45, 2.75) is 102 Å². The molecule has 1 aliphatic carbocycles. The Balaban J connectivity index is 1.30. The second-order valence-corrected chi connectivity index (χ2v) is 9.32. The van der Waals surface area contributed by atoms with Crippen molar-refractivity contribution in [2.24, 2.45) is 5.92 Å². The second kappa shape index (κ2) is 12.2. The highest BCUT2D eigenvalue weighted by Crippen LogP contribution is 2.38. The van der Waals surface area contributed by atoms with Gasteiger partial charge in [-0.15, -0.1) is 0 Å². The fourth-order valence-electron chi connectivity index (χ4n) is 4.95. The van der Waals surface area contributed by atoms with Crippen molar-refractivity contribution < 1.29 is 14.3 Å². The van der Waals surface area contributed by atoms with Crippen LogP contribution in [0.3, 0.4) is 0 Å². The number of hydrogen-bond acceptors (Lipinski definition) is 3. The van der Waals surface area contributed by atoms with Gasteiger partial charge in [-0.2, -0.15) is 0 Å². The standard InChI is InChI=1S/C27H40O3/c1-3-4-5-6-7-9-22-11-13-23(14-12-22)24-15-17-25(18-16-24)29-19-8-10-26-20-21(2)27(28)30-26/h15-18,22-23,26H,2-14,19-20H2,1H3. The number of carbonyl (C=O) groups excluding carboxylic acids is 1. The topological polar surface area (TPSA) is 35.5 Å². The fraction of sp³-hybridized carbons (Fsp3) is 0.667. The predicted octanol–water partition coefficient (Wildman–Crippen LogP) is 7.35. The maximum Gasteiger partial charge on any atom is 0.333 e. The lowest BCUT2D eigenvalue weighted by Crippen LogP contribution is -2.13. The number of esters is 1. The van der Waals surface area contributed by atoms with E-state index < -0.39 is 0 Å². The first-order valence-corrected chi connectivity index (χ1v) is 12.3. The van der Waals surface area contributed by atoms with Crippen molar-refractivity contribution in [2.75, 3.05) is 6.61 Å². The Kier molecular flexibility index (Phi) is 9.29. The number of rotatable bonds is 12. The molecule has 0 aromatic heterocycles. The molecule has 0 radical (unpaired) electrons. The molecule has 1 saturated heterocycles. The molecule has 2 fully saturated rings. The van der Waals surface area contributed by atoms with Gasteiger partial charge in [0.05, 0.1) is 6.61 Å². The van der Waals surface area contributed by atoms with Crippen LogP contribution in [-0.2, 0) is 9.53 Å². The van der Waals surface area contributed by atoms with Crippen LogP contribution in [0.4, 0.5) is 0 Å². The maximum absolute atomic E-state index is 11.3. The lowest BCUT2D eigenvalue weighted by atomic mass is 9.77. The molecule has 1 aromatic carbocycles. The average Bonchev–Trinajstić information content (AvgIpc) is 3.09. The Hall–Kier alpha value is -1.77. The van der Waals surface area contributed by atoms with Crippen molar-refractivity contribution in [1.29, 1.82) is 0 Å². The molecule has 1 atom stereocenters. The third-order valence-corrected chi connectivity index (χ3v) is 6.89. The molecule has 0 spiro atoms. The van der Waals surface area contributed by atoms with E-state index in [4.69, 9.17) is 9.47 Å². The van der Waals surface area contributed by atoms with E-state index in [1.54, 1.807) is 0 Å². The molecule has 0 amide bonds. The van der Waals surface area contributed by atoms with Crippen molar-refractivity contribution in [3.63, 3.8) is 0 Å². The van der Waals surface area contributed by atoms with Crippen LogP contribution in [0.2, 0.25) is 0 Å². The van der Waals surface area contributed by atoms with Gasteiger partial charge in [0.25, 0.3) is 0 Å². The minimum Gasteiger partial charge on any atom is -0.494 e. The zero-order chi connectivity index (χ0) is 21.2. The number of hydrogen-bond donors (Lipinski definition) is 0. The summed E-state index contributed by atoms with van der Waals surface area (Å²) in [6.45, 7) is 6.67. The fourth-order valence-corrected chi connectivity index (χ4v) is 4.95. The maximum atomic E-state index is 11.3. The van der Waals surface area contributed by atoms with Crippen molar-refractivity contribution in [3.05, 3.63) is 42.0 Å². The summed E-state index contributed by atoms with van der Waals surface area (Å²) in [6.07, 6.45) is 16.3. The summed E-state index contributed by atoms with van der Waals surface area (Å²) in [6, 6.07) is 8.75. The summed E-state index contributed by atoms with van der Waals surface area (Å²) in [5.41, 5.74) is 2.07. The number of benzene rings is 1. The summed E-state index contributed by atoms with van der Waals surface area (Å²) in [7, 11) is 0. The zero-order valence-corrected chi connectivity index (χ0v) is 18.9. The van der Waals surface area contributed by atoms with Crippen LogP contribution in [0.1, 0.15) is 102 Å². The number of ether oxygens (including phenoxy) is 2. The predicted molar refractivity (Wildman–Crippen MR) is 123 cm³/mol. The summed E-state index contributed by atoms with van der Waals surface area (Å²) >= 11 is 0. The Morgan fingerprint density at radius 3 is 2.37 bits per heavy atom. The molecule has 2 aliphatic rings. The van der Waals surface area contributed by atoms with Gasteiger partial charge in [0.1, 0.15) is 11.9 Å². The summed E-state index contributed by atoms with van der Waals surface area (Å²) in [5, 5.41) is 0. The van der Waals surface area contributed by atoms with E-state index in [1.165, 1.54) is 69.8 Å². The molecule has 0 N–H and O–H groups in total. The van der Waals surface area contributed by atoms with Crippen LogP contribution in [0, 0.1) is 5.92 Å². The lowest BCUT2D eigenvalue weighted by molar-refractivity contribution is -0.139. The quantitative estimate of drug-likeness (QED) is 0.204. The van der Waals surface area contributed by atoms with Crippen LogP contribution < -0.4 is 4.74 Å². The Labute approximate surface area is 183 Å². The van der Waals surface area contributed by atoms with E-state index in [1.807, 2.05) is 0 Å². The van der Waals surface area contributed by atoms with Gasteiger partial charge in [0, 0.05) is 12.0 Å². The van der Waals surface area contributed by atoms with Crippen molar-refractivity contribution in [3.8, 4) is 5.75 Å². The molecule has 1 aromatic rings. The van der Waals surface area contributed by atoms with Gasteiger partial charge in [-0.05, 0) is 68.1 Å². The summed E-state index contributed by atoms with van der Waals surface area (Å²) < 4.78 is 11.1. The molecule has 3 nitrogen and oxygen atoms in total. The van der Waals surface area contributed by atoms with Crippen LogP contribution in [0.5, 0.6) is 5.75 Å². The van der Waals surface area contributed by atoms with Gasteiger partial charge in [0.15, 0.2) is 0 Å². The molecule has 1 unspecified atom stereocenters. The van der Waals surface area contributed by atoms with E-state index in [0.29, 0.717) is 18.6 Å². The molecule has 30 heavy (non-hydrogen) atoms. The molecule has 1 heterocycles. The first kappa shape index (κ1) is 22.9. The van der Waals surface area contributed by atoms with Gasteiger partial charge in [-0.3, -0.25) is 0 Å².